The lowest BCUT2D eigenvalue weighted by atomic mass is 10.2. The lowest BCUT2D eigenvalue weighted by molar-refractivity contribution is 0.213. The summed E-state index contributed by atoms with van der Waals surface area (Å²) in [5, 5.41) is 9.92. The van der Waals surface area contributed by atoms with E-state index in [9.17, 15) is 5.11 Å². The fraction of sp³-hybridized carbons (Fsp3) is 0.200. The Morgan fingerprint density at radius 1 is 1.33 bits per heavy atom. The Morgan fingerprint density at radius 2 is 2.00 bits per heavy atom. The van der Waals surface area contributed by atoms with Crippen LogP contribution >= 0.6 is 22.9 Å². The van der Waals surface area contributed by atoms with Gasteiger partial charge in [0, 0.05) is 17.3 Å². The molecule has 1 N–H and O–H groups in total. The van der Waals surface area contributed by atoms with Crippen molar-refractivity contribution in [2.45, 2.75) is 13.0 Å². The van der Waals surface area contributed by atoms with Gasteiger partial charge in [-0.05, 0) is 24.6 Å². The summed E-state index contributed by atoms with van der Waals surface area (Å²) >= 11 is 7.11. The Kier molecular flexibility index (Phi) is 3.00. The summed E-state index contributed by atoms with van der Waals surface area (Å²) in [5.41, 5.74) is 0.968. The molecule has 0 aliphatic carbocycles. The molecule has 0 bridgehead atoms. The van der Waals surface area contributed by atoms with Gasteiger partial charge in [0.2, 0.25) is 0 Å². The van der Waals surface area contributed by atoms with E-state index >= 15 is 0 Å². The molecule has 78 valence electrons. The van der Waals surface area contributed by atoms with Crippen molar-refractivity contribution in [3.63, 3.8) is 0 Å². The van der Waals surface area contributed by atoms with Gasteiger partial charge in [0.25, 0.3) is 0 Å². The van der Waals surface area contributed by atoms with Gasteiger partial charge in [0.15, 0.2) is 5.82 Å². The second-order valence-electron chi connectivity index (χ2n) is 3.16. The Bertz CT molecular complexity index is 455. The number of aliphatic hydroxyl groups is 1. The molecule has 2 heterocycles. The smallest absolute Gasteiger partial charge is 0.162 e. The highest BCUT2D eigenvalue weighted by Gasteiger charge is 2.15. The van der Waals surface area contributed by atoms with Crippen LogP contribution < -0.4 is 0 Å². The molecule has 0 amide bonds. The number of aromatic nitrogens is 2. The van der Waals surface area contributed by atoms with E-state index in [1.807, 2.05) is 6.92 Å². The standard InChI is InChI=1S/C10H9ClN2OS/c1-6-4-12-10(13-5-6)9(14)7-2-3-8(11)15-7/h2-5,9,14H,1H3. The van der Waals surface area contributed by atoms with E-state index in [1.54, 1.807) is 24.5 Å². The van der Waals surface area contributed by atoms with Crippen molar-refractivity contribution >= 4 is 22.9 Å². The molecule has 0 radical (unpaired) electrons. The van der Waals surface area contributed by atoms with Crippen LogP contribution in [0.2, 0.25) is 4.34 Å². The lowest BCUT2D eigenvalue weighted by Crippen LogP contribution is -2.03. The summed E-state index contributed by atoms with van der Waals surface area (Å²) in [7, 11) is 0. The van der Waals surface area contributed by atoms with E-state index in [-0.39, 0.29) is 0 Å². The highest BCUT2D eigenvalue weighted by atomic mass is 35.5. The normalized spacial score (nSPS) is 12.7. The molecular weight excluding hydrogens is 232 g/mol. The third kappa shape index (κ3) is 2.34. The molecule has 5 heteroatoms. The van der Waals surface area contributed by atoms with Crippen molar-refractivity contribution in [1.29, 1.82) is 0 Å². The molecule has 0 aromatic carbocycles. The summed E-state index contributed by atoms with van der Waals surface area (Å²) in [6.07, 6.45) is 2.57. The number of hydrogen-bond acceptors (Lipinski definition) is 4. The van der Waals surface area contributed by atoms with Crippen molar-refractivity contribution < 1.29 is 5.11 Å². The first-order valence-electron chi connectivity index (χ1n) is 4.38. The number of hydrogen-bond donors (Lipinski definition) is 1. The zero-order chi connectivity index (χ0) is 10.8. The van der Waals surface area contributed by atoms with Crippen LogP contribution in [0.3, 0.4) is 0 Å². The predicted octanol–water partition coefficient (Wildman–Crippen LogP) is 2.58. The highest BCUT2D eigenvalue weighted by Crippen LogP contribution is 2.29. The zero-order valence-corrected chi connectivity index (χ0v) is 9.59. The van der Waals surface area contributed by atoms with E-state index in [2.05, 4.69) is 9.97 Å². The van der Waals surface area contributed by atoms with E-state index < -0.39 is 6.10 Å². The number of thiophene rings is 1. The van der Waals surface area contributed by atoms with Gasteiger partial charge in [-0.3, -0.25) is 0 Å². The quantitative estimate of drug-likeness (QED) is 0.878. The van der Waals surface area contributed by atoms with Crippen molar-refractivity contribution in [2.75, 3.05) is 0 Å². The first-order valence-corrected chi connectivity index (χ1v) is 5.58. The molecule has 1 unspecified atom stereocenters. The molecule has 0 aliphatic heterocycles. The van der Waals surface area contributed by atoms with Crippen LogP contribution in [0, 0.1) is 6.92 Å². The number of halogens is 1. The van der Waals surface area contributed by atoms with Crippen molar-refractivity contribution in [3.05, 3.63) is 45.1 Å². The van der Waals surface area contributed by atoms with Crippen molar-refractivity contribution in [1.82, 2.24) is 9.97 Å². The molecule has 0 fully saturated rings. The van der Waals surface area contributed by atoms with Crippen LogP contribution in [-0.4, -0.2) is 15.1 Å². The molecule has 2 rings (SSSR count). The fourth-order valence-corrected chi connectivity index (χ4v) is 2.19. The van der Waals surface area contributed by atoms with E-state index in [4.69, 9.17) is 11.6 Å². The van der Waals surface area contributed by atoms with Gasteiger partial charge < -0.3 is 5.11 Å². The van der Waals surface area contributed by atoms with E-state index in [0.717, 1.165) is 10.4 Å². The molecule has 15 heavy (non-hydrogen) atoms. The first-order chi connectivity index (χ1) is 7.16. The monoisotopic (exact) mass is 240 g/mol. The van der Waals surface area contributed by atoms with Gasteiger partial charge in [-0.25, -0.2) is 9.97 Å². The average Bonchev–Trinajstić information content (AvgIpc) is 2.65. The van der Waals surface area contributed by atoms with Crippen LogP contribution in [0.5, 0.6) is 0 Å². The zero-order valence-electron chi connectivity index (χ0n) is 8.01. The minimum atomic E-state index is -0.789. The van der Waals surface area contributed by atoms with Crippen molar-refractivity contribution in [3.8, 4) is 0 Å². The largest absolute Gasteiger partial charge is 0.379 e. The maximum Gasteiger partial charge on any atom is 0.162 e. The molecule has 3 nitrogen and oxygen atoms in total. The minimum Gasteiger partial charge on any atom is -0.379 e. The highest BCUT2D eigenvalue weighted by molar-refractivity contribution is 7.16. The SMILES string of the molecule is Cc1cnc(C(O)c2ccc(Cl)s2)nc1. The van der Waals surface area contributed by atoms with Gasteiger partial charge >= 0.3 is 0 Å². The van der Waals surface area contributed by atoms with E-state index in [0.29, 0.717) is 10.2 Å². The molecule has 0 saturated heterocycles. The summed E-state index contributed by atoms with van der Waals surface area (Å²) < 4.78 is 0.649. The van der Waals surface area contributed by atoms with Crippen LogP contribution in [0.25, 0.3) is 0 Å². The molecule has 0 aliphatic rings. The summed E-state index contributed by atoms with van der Waals surface area (Å²) in [6, 6.07) is 3.53. The Hall–Kier alpha value is -0.970. The van der Waals surface area contributed by atoms with Crippen LogP contribution in [-0.2, 0) is 0 Å². The number of aliphatic hydroxyl groups excluding tert-OH is 1. The summed E-state index contributed by atoms with van der Waals surface area (Å²) in [6.45, 7) is 1.90. The minimum absolute atomic E-state index is 0.402. The van der Waals surface area contributed by atoms with Crippen molar-refractivity contribution in [2.24, 2.45) is 0 Å². The maximum atomic E-state index is 9.92. The molecule has 1 atom stereocenters. The third-order valence-corrected chi connectivity index (χ3v) is 3.19. The molecule has 2 aromatic rings. The number of nitrogens with zero attached hydrogens (tertiary/aromatic N) is 2. The predicted molar refractivity (Wildman–Crippen MR) is 60.2 cm³/mol. The summed E-state index contributed by atoms with van der Waals surface area (Å²) in [4.78, 5) is 8.89. The Morgan fingerprint density at radius 3 is 2.53 bits per heavy atom. The summed E-state index contributed by atoms with van der Waals surface area (Å²) in [5.74, 6) is 0.402. The van der Waals surface area contributed by atoms with Crippen LogP contribution in [0.15, 0.2) is 24.5 Å². The van der Waals surface area contributed by atoms with E-state index in [1.165, 1.54) is 11.3 Å². The lowest BCUT2D eigenvalue weighted by Gasteiger charge is -2.06. The number of aryl methyl sites for hydroxylation is 1. The van der Waals surface area contributed by atoms with Crippen LogP contribution in [0.1, 0.15) is 22.4 Å². The van der Waals surface area contributed by atoms with Crippen LogP contribution in [0.4, 0.5) is 0 Å². The molecule has 2 aromatic heterocycles. The van der Waals surface area contributed by atoms with Gasteiger partial charge in [0.1, 0.15) is 6.10 Å². The van der Waals surface area contributed by atoms with Gasteiger partial charge in [-0.1, -0.05) is 11.6 Å². The van der Waals surface area contributed by atoms with Gasteiger partial charge in [-0.15, -0.1) is 11.3 Å². The molecule has 0 spiro atoms. The topological polar surface area (TPSA) is 46.0 Å². The second kappa shape index (κ2) is 4.26. The number of rotatable bonds is 2. The fourth-order valence-electron chi connectivity index (χ4n) is 1.15. The Balaban J connectivity index is 2.28. The van der Waals surface area contributed by atoms with Gasteiger partial charge in [-0.2, -0.15) is 0 Å². The Labute approximate surface area is 96.4 Å². The van der Waals surface area contributed by atoms with Gasteiger partial charge in [0.05, 0.1) is 4.34 Å². The third-order valence-electron chi connectivity index (χ3n) is 1.91. The molecular formula is C10H9ClN2OS. The average molecular weight is 241 g/mol. The first kappa shape index (κ1) is 10.5. The second-order valence-corrected chi connectivity index (χ2v) is 4.91. The maximum absolute atomic E-state index is 9.92. The molecule has 0 saturated carbocycles.